The summed E-state index contributed by atoms with van der Waals surface area (Å²) in [6.07, 6.45) is 0. The molecule has 20 heavy (non-hydrogen) atoms. The third kappa shape index (κ3) is 2.30. The van der Waals surface area contributed by atoms with Gasteiger partial charge < -0.3 is 9.73 Å². The lowest BCUT2D eigenvalue weighted by molar-refractivity contribution is 0.614. The maximum atomic E-state index is 13.3. The fourth-order valence-corrected chi connectivity index (χ4v) is 2.29. The largest absolute Gasteiger partial charge is 0.456 e. The molecular formula is C16H13F2NO. The van der Waals surface area contributed by atoms with E-state index in [2.05, 4.69) is 5.32 Å². The van der Waals surface area contributed by atoms with E-state index < -0.39 is 0 Å². The van der Waals surface area contributed by atoms with Crippen LogP contribution >= 0.6 is 0 Å². The molecular weight excluding hydrogens is 260 g/mol. The Labute approximate surface area is 115 Å². The molecule has 0 aliphatic carbocycles. The van der Waals surface area contributed by atoms with Crippen LogP contribution in [0.4, 0.5) is 8.78 Å². The van der Waals surface area contributed by atoms with Crippen LogP contribution in [0.2, 0.25) is 0 Å². The van der Waals surface area contributed by atoms with Crippen molar-refractivity contribution in [3.05, 3.63) is 59.7 Å². The van der Waals surface area contributed by atoms with Gasteiger partial charge in [-0.25, -0.2) is 8.78 Å². The molecule has 2 aromatic carbocycles. The highest BCUT2D eigenvalue weighted by molar-refractivity contribution is 5.83. The van der Waals surface area contributed by atoms with Crippen molar-refractivity contribution in [1.82, 2.24) is 5.32 Å². The summed E-state index contributed by atoms with van der Waals surface area (Å²) in [6.45, 7) is 0.526. The third-order valence-corrected chi connectivity index (χ3v) is 3.18. The van der Waals surface area contributed by atoms with Gasteiger partial charge in [-0.05, 0) is 55.1 Å². The average molecular weight is 273 g/mol. The van der Waals surface area contributed by atoms with Gasteiger partial charge in [-0.3, -0.25) is 0 Å². The molecule has 1 heterocycles. The minimum atomic E-state index is -0.306. The molecule has 1 N–H and O–H groups in total. The Morgan fingerprint density at radius 3 is 2.55 bits per heavy atom. The number of halogens is 2. The predicted octanol–water partition coefficient (Wildman–Crippen LogP) is 4.10. The van der Waals surface area contributed by atoms with Gasteiger partial charge in [0, 0.05) is 17.5 Å². The van der Waals surface area contributed by atoms with Gasteiger partial charge in [0.15, 0.2) is 0 Å². The lowest BCUT2D eigenvalue weighted by atomic mass is 10.0. The number of benzene rings is 2. The fraction of sp³-hybridized carbons (Fsp3) is 0.125. The second-order valence-corrected chi connectivity index (χ2v) is 4.62. The van der Waals surface area contributed by atoms with Crippen molar-refractivity contribution >= 4 is 11.0 Å². The standard InChI is InChI=1S/C16H13F2NO/c1-19-9-11-7-12(17)2-4-14(11)16-8-10-6-13(18)3-5-15(10)20-16/h2-8,19H,9H2,1H3. The molecule has 0 bridgehead atoms. The Morgan fingerprint density at radius 1 is 1.00 bits per heavy atom. The van der Waals surface area contributed by atoms with Crippen LogP contribution in [-0.2, 0) is 6.54 Å². The zero-order chi connectivity index (χ0) is 14.1. The van der Waals surface area contributed by atoms with E-state index in [0.29, 0.717) is 23.3 Å². The summed E-state index contributed by atoms with van der Waals surface area (Å²) in [4.78, 5) is 0. The highest BCUT2D eigenvalue weighted by atomic mass is 19.1. The minimum Gasteiger partial charge on any atom is -0.456 e. The third-order valence-electron chi connectivity index (χ3n) is 3.18. The van der Waals surface area contributed by atoms with Crippen LogP contribution in [0, 0.1) is 11.6 Å². The maximum absolute atomic E-state index is 13.3. The van der Waals surface area contributed by atoms with Crippen molar-refractivity contribution in [2.24, 2.45) is 0 Å². The topological polar surface area (TPSA) is 25.2 Å². The average Bonchev–Trinajstić information content (AvgIpc) is 2.82. The Bertz CT molecular complexity index is 764. The second-order valence-electron chi connectivity index (χ2n) is 4.62. The van der Waals surface area contributed by atoms with E-state index in [1.165, 1.54) is 24.3 Å². The van der Waals surface area contributed by atoms with E-state index in [1.807, 2.05) is 0 Å². The molecule has 0 aliphatic rings. The summed E-state index contributed by atoms with van der Waals surface area (Å²) in [7, 11) is 1.79. The van der Waals surface area contributed by atoms with Crippen LogP contribution in [0.5, 0.6) is 0 Å². The first kappa shape index (κ1) is 12.8. The van der Waals surface area contributed by atoms with Crippen molar-refractivity contribution < 1.29 is 13.2 Å². The lowest BCUT2D eigenvalue weighted by Crippen LogP contribution is -2.06. The van der Waals surface area contributed by atoms with Gasteiger partial charge >= 0.3 is 0 Å². The monoisotopic (exact) mass is 273 g/mol. The Balaban J connectivity index is 2.14. The van der Waals surface area contributed by atoms with Crippen molar-refractivity contribution in [2.75, 3.05) is 7.05 Å². The van der Waals surface area contributed by atoms with Gasteiger partial charge in [0.25, 0.3) is 0 Å². The van der Waals surface area contributed by atoms with E-state index >= 15 is 0 Å². The number of hydrogen-bond donors (Lipinski definition) is 1. The van der Waals surface area contributed by atoms with Crippen LogP contribution in [0.15, 0.2) is 46.9 Å². The van der Waals surface area contributed by atoms with E-state index in [4.69, 9.17) is 4.42 Å². The van der Waals surface area contributed by atoms with Gasteiger partial charge in [-0.2, -0.15) is 0 Å². The predicted molar refractivity (Wildman–Crippen MR) is 74.3 cm³/mol. The molecule has 4 heteroatoms. The fourth-order valence-electron chi connectivity index (χ4n) is 2.29. The smallest absolute Gasteiger partial charge is 0.135 e. The molecule has 1 aromatic heterocycles. The normalized spacial score (nSPS) is 11.2. The van der Waals surface area contributed by atoms with E-state index in [1.54, 1.807) is 25.2 Å². The number of rotatable bonds is 3. The summed E-state index contributed by atoms with van der Waals surface area (Å²) in [6, 6.07) is 10.7. The molecule has 3 aromatic rings. The van der Waals surface area contributed by atoms with E-state index in [0.717, 1.165) is 11.1 Å². The summed E-state index contributed by atoms with van der Waals surface area (Å²) in [5.41, 5.74) is 2.21. The molecule has 0 saturated carbocycles. The molecule has 0 unspecified atom stereocenters. The van der Waals surface area contributed by atoms with Gasteiger partial charge in [0.1, 0.15) is 23.0 Å². The SMILES string of the molecule is CNCc1cc(F)ccc1-c1cc2cc(F)ccc2o1. The van der Waals surface area contributed by atoms with Crippen LogP contribution in [0.3, 0.4) is 0 Å². The number of hydrogen-bond acceptors (Lipinski definition) is 2. The Morgan fingerprint density at radius 2 is 1.75 bits per heavy atom. The molecule has 0 fully saturated rings. The van der Waals surface area contributed by atoms with Gasteiger partial charge in [0.2, 0.25) is 0 Å². The summed E-state index contributed by atoms with van der Waals surface area (Å²) in [5, 5.41) is 3.69. The first-order chi connectivity index (χ1) is 9.67. The van der Waals surface area contributed by atoms with E-state index in [9.17, 15) is 8.78 Å². The molecule has 0 radical (unpaired) electrons. The molecule has 0 atom stereocenters. The minimum absolute atomic E-state index is 0.291. The molecule has 3 rings (SSSR count). The van der Waals surface area contributed by atoms with Crippen molar-refractivity contribution in [3.8, 4) is 11.3 Å². The molecule has 0 aliphatic heterocycles. The zero-order valence-corrected chi connectivity index (χ0v) is 10.9. The molecule has 2 nitrogen and oxygen atoms in total. The van der Waals surface area contributed by atoms with Crippen molar-refractivity contribution in [1.29, 1.82) is 0 Å². The zero-order valence-electron chi connectivity index (χ0n) is 10.9. The Hall–Kier alpha value is -2.20. The molecule has 102 valence electrons. The highest BCUT2D eigenvalue weighted by Gasteiger charge is 2.11. The second kappa shape index (κ2) is 5.06. The van der Waals surface area contributed by atoms with Gasteiger partial charge in [-0.1, -0.05) is 0 Å². The summed E-state index contributed by atoms with van der Waals surface area (Å²) in [5.74, 6) is 0.0106. The molecule has 0 amide bonds. The quantitative estimate of drug-likeness (QED) is 0.777. The highest BCUT2D eigenvalue weighted by Crippen LogP contribution is 2.31. The van der Waals surface area contributed by atoms with E-state index in [-0.39, 0.29) is 11.6 Å². The number of fused-ring (bicyclic) bond motifs is 1. The van der Waals surface area contributed by atoms with Gasteiger partial charge in [0.05, 0.1) is 0 Å². The number of nitrogens with one attached hydrogen (secondary N) is 1. The lowest BCUT2D eigenvalue weighted by Gasteiger charge is -2.06. The Kier molecular flexibility index (Phi) is 3.24. The van der Waals surface area contributed by atoms with Crippen LogP contribution in [0.25, 0.3) is 22.3 Å². The first-order valence-electron chi connectivity index (χ1n) is 6.30. The van der Waals surface area contributed by atoms with Gasteiger partial charge in [-0.15, -0.1) is 0 Å². The number of furan rings is 1. The first-order valence-corrected chi connectivity index (χ1v) is 6.30. The van der Waals surface area contributed by atoms with Crippen molar-refractivity contribution in [3.63, 3.8) is 0 Å². The summed E-state index contributed by atoms with van der Waals surface area (Å²) >= 11 is 0. The maximum Gasteiger partial charge on any atom is 0.135 e. The summed E-state index contributed by atoms with van der Waals surface area (Å²) < 4.78 is 32.3. The molecule has 0 saturated heterocycles. The molecule has 0 spiro atoms. The van der Waals surface area contributed by atoms with Crippen LogP contribution in [-0.4, -0.2) is 7.05 Å². The van der Waals surface area contributed by atoms with Crippen LogP contribution in [0.1, 0.15) is 5.56 Å². The van der Waals surface area contributed by atoms with Crippen LogP contribution < -0.4 is 5.32 Å². The van der Waals surface area contributed by atoms with Crippen molar-refractivity contribution in [2.45, 2.75) is 6.54 Å².